The van der Waals surface area contributed by atoms with Gasteiger partial charge in [-0.15, -0.1) is 0 Å². The number of hydrogen-bond acceptors (Lipinski definition) is 2. The van der Waals surface area contributed by atoms with Gasteiger partial charge in [-0.25, -0.2) is 9.97 Å². The molecule has 0 atom stereocenters. The third-order valence-electron chi connectivity index (χ3n) is 11.9. The van der Waals surface area contributed by atoms with Gasteiger partial charge in [-0.05, 0) is 83.2 Å². The van der Waals surface area contributed by atoms with Crippen LogP contribution in [0.25, 0.3) is 111 Å². The topological polar surface area (TPSA) is 35.6 Å². The molecule has 280 valence electrons. The highest BCUT2D eigenvalue weighted by molar-refractivity contribution is 6.13. The molecule has 9 aromatic carbocycles. The van der Waals surface area contributed by atoms with E-state index in [1.807, 2.05) is 12.1 Å². The molecule has 0 fully saturated rings. The molecule has 0 amide bonds. The Morgan fingerprint density at radius 3 is 1.52 bits per heavy atom. The first kappa shape index (κ1) is 34.0. The van der Waals surface area contributed by atoms with Gasteiger partial charge in [0, 0.05) is 49.3 Å². The van der Waals surface area contributed by atoms with E-state index in [2.05, 4.69) is 215 Å². The zero-order valence-electron chi connectivity index (χ0n) is 32.6. The number of para-hydroxylation sites is 2. The predicted octanol–water partition coefficient (Wildman–Crippen LogP) is 14.5. The largest absolute Gasteiger partial charge is 0.309 e. The van der Waals surface area contributed by atoms with Gasteiger partial charge < -0.3 is 9.13 Å². The number of aromatic nitrogens is 4. The van der Waals surface area contributed by atoms with Crippen LogP contribution in [0.4, 0.5) is 0 Å². The maximum absolute atomic E-state index is 5.09. The average Bonchev–Trinajstić information content (AvgIpc) is 3.84. The molecule has 0 aliphatic rings. The summed E-state index contributed by atoms with van der Waals surface area (Å²) in [6.45, 7) is 0. The van der Waals surface area contributed by atoms with Crippen LogP contribution in [0.5, 0.6) is 0 Å². The Morgan fingerprint density at radius 2 is 0.800 bits per heavy atom. The Balaban J connectivity index is 0.984. The van der Waals surface area contributed by atoms with Gasteiger partial charge in [0.2, 0.25) is 0 Å². The fraction of sp³-hybridized carbons (Fsp3) is 0. The van der Waals surface area contributed by atoms with Gasteiger partial charge in [-0.1, -0.05) is 152 Å². The quantitative estimate of drug-likeness (QED) is 0.169. The van der Waals surface area contributed by atoms with Crippen LogP contribution in [0.3, 0.4) is 0 Å². The van der Waals surface area contributed by atoms with Crippen LogP contribution in [0, 0.1) is 0 Å². The molecular formula is C56H36N4. The SMILES string of the molecule is c1ccc(-c2cc(-c3ccccc3)nc(-c3ccc(-n4c5ccccc5c5ccc(-c6ccc7c(c6)c6ccccc6n7-c6cccc7ccccc67)cc54)cc3)n2)cc1. The lowest BCUT2D eigenvalue weighted by molar-refractivity contribution is 1.16. The average molecular weight is 765 g/mol. The molecule has 0 unspecified atom stereocenters. The molecule has 0 saturated heterocycles. The van der Waals surface area contributed by atoms with E-state index in [0.29, 0.717) is 5.82 Å². The van der Waals surface area contributed by atoms with E-state index in [1.54, 1.807) is 0 Å². The van der Waals surface area contributed by atoms with Gasteiger partial charge in [0.1, 0.15) is 0 Å². The maximum atomic E-state index is 5.09. The van der Waals surface area contributed by atoms with Crippen molar-refractivity contribution in [1.82, 2.24) is 19.1 Å². The van der Waals surface area contributed by atoms with Gasteiger partial charge in [0.15, 0.2) is 5.82 Å². The molecule has 4 heteroatoms. The first-order valence-corrected chi connectivity index (χ1v) is 20.4. The summed E-state index contributed by atoms with van der Waals surface area (Å²) in [5.74, 6) is 0.698. The van der Waals surface area contributed by atoms with Crippen molar-refractivity contribution in [3.63, 3.8) is 0 Å². The molecule has 0 spiro atoms. The normalized spacial score (nSPS) is 11.7. The molecule has 0 saturated carbocycles. The minimum atomic E-state index is 0.698. The number of hydrogen-bond donors (Lipinski definition) is 0. The summed E-state index contributed by atoms with van der Waals surface area (Å²) in [5, 5.41) is 7.40. The highest BCUT2D eigenvalue weighted by Crippen LogP contribution is 2.39. The van der Waals surface area contributed by atoms with Crippen LogP contribution in [-0.2, 0) is 0 Å². The van der Waals surface area contributed by atoms with Crippen molar-refractivity contribution >= 4 is 54.4 Å². The fourth-order valence-corrected chi connectivity index (χ4v) is 9.09. The summed E-state index contributed by atoms with van der Waals surface area (Å²) in [6, 6.07) is 78.0. The molecule has 60 heavy (non-hydrogen) atoms. The van der Waals surface area contributed by atoms with E-state index in [4.69, 9.17) is 9.97 Å². The second-order valence-corrected chi connectivity index (χ2v) is 15.4. The van der Waals surface area contributed by atoms with Crippen molar-refractivity contribution in [2.45, 2.75) is 0 Å². The zero-order valence-corrected chi connectivity index (χ0v) is 32.6. The summed E-state index contributed by atoms with van der Waals surface area (Å²) in [6.07, 6.45) is 0. The maximum Gasteiger partial charge on any atom is 0.160 e. The molecule has 4 nitrogen and oxygen atoms in total. The van der Waals surface area contributed by atoms with Crippen molar-refractivity contribution in [3.8, 4) is 56.4 Å². The Labute approximate surface area is 346 Å². The fourth-order valence-electron chi connectivity index (χ4n) is 9.09. The van der Waals surface area contributed by atoms with Crippen LogP contribution in [0.15, 0.2) is 218 Å². The van der Waals surface area contributed by atoms with Gasteiger partial charge >= 0.3 is 0 Å². The lowest BCUT2D eigenvalue weighted by atomic mass is 10.0. The Kier molecular flexibility index (Phi) is 7.82. The standard InChI is InChI=1S/C56H36N4/c1-3-15-38(16-4-1)49-36-50(39-17-5-2-6-18-39)58-56(57-49)40-26-30-43(31-27-40)59-52-23-11-9-21-45(52)47-32-28-42(35-55(47)59)41-29-33-54-48(34-41)46-22-10-12-24-53(46)60(54)51-25-13-19-37-14-7-8-20-44(37)51/h1-36H. The second-order valence-electron chi connectivity index (χ2n) is 15.4. The number of fused-ring (bicyclic) bond motifs is 7. The van der Waals surface area contributed by atoms with Crippen molar-refractivity contribution in [1.29, 1.82) is 0 Å². The van der Waals surface area contributed by atoms with E-state index < -0.39 is 0 Å². The summed E-state index contributed by atoms with van der Waals surface area (Å²) >= 11 is 0. The van der Waals surface area contributed by atoms with E-state index in [0.717, 1.165) is 39.3 Å². The van der Waals surface area contributed by atoms with Crippen molar-refractivity contribution in [2.75, 3.05) is 0 Å². The molecule has 0 radical (unpaired) electrons. The number of nitrogens with zero attached hydrogens (tertiary/aromatic N) is 4. The van der Waals surface area contributed by atoms with Crippen LogP contribution < -0.4 is 0 Å². The third kappa shape index (κ3) is 5.53. The van der Waals surface area contributed by atoms with Crippen molar-refractivity contribution in [3.05, 3.63) is 218 Å². The smallest absolute Gasteiger partial charge is 0.160 e. The first-order valence-electron chi connectivity index (χ1n) is 20.4. The van der Waals surface area contributed by atoms with Gasteiger partial charge in [-0.3, -0.25) is 0 Å². The van der Waals surface area contributed by atoms with Crippen LogP contribution in [-0.4, -0.2) is 19.1 Å². The summed E-state index contributed by atoms with van der Waals surface area (Å²) in [7, 11) is 0. The summed E-state index contributed by atoms with van der Waals surface area (Å²) in [4.78, 5) is 10.2. The molecule has 0 bridgehead atoms. The summed E-state index contributed by atoms with van der Waals surface area (Å²) < 4.78 is 4.81. The van der Waals surface area contributed by atoms with Crippen LogP contribution in [0.1, 0.15) is 0 Å². The third-order valence-corrected chi connectivity index (χ3v) is 11.9. The second kappa shape index (κ2) is 13.8. The Bertz CT molecular complexity index is 3520. The summed E-state index contributed by atoms with van der Waals surface area (Å²) in [5.41, 5.74) is 14.2. The molecule has 0 aliphatic heterocycles. The number of benzene rings is 9. The minimum Gasteiger partial charge on any atom is -0.309 e. The van der Waals surface area contributed by atoms with E-state index in [1.165, 1.54) is 65.7 Å². The van der Waals surface area contributed by atoms with E-state index in [-0.39, 0.29) is 0 Å². The highest BCUT2D eigenvalue weighted by Gasteiger charge is 2.18. The molecule has 3 aromatic heterocycles. The molecule has 12 aromatic rings. The van der Waals surface area contributed by atoms with E-state index in [9.17, 15) is 0 Å². The van der Waals surface area contributed by atoms with Gasteiger partial charge in [0.05, 0.1) is 39.1 Å². The van der Waals surface area contributed by atoms with E-state index >= 15 is 0 Å². The lowest BCUT2D eigenvalue weighted by Crippen LogP contribution is -1.97. The van der Waals surface area contributed by atoms with Crippen LogP contribution in [0.2, 0.25) is 0 Å². The molecule has 0 N–H and O–H groups in total. The number of rotatable bonds is 6. The lowest BCUT2D eigenvalue weighted by Gasteiger charge is -2.12. The molecular weight excluding hydrogens is 729 g/mol. The zero-order chi connectivity index (χ0) is 39.6. The predicted molar refractivity (Wildman–Crippen MR) is 250 cm³/mol. The monoisotopic (exact) mass is 764 g/mol. The van der Waals surface area contributed by atoms with Crippen molar-refractivity contribution in [2.24, 2.45) is 0 Å². The molecule has 12 rings (SSSR count). The van der Waals surface area contributed by atoms with Gasteiger partial charge in [0.25, 0.3) is 0 Å². The van der Waals surface area contributed by atoms with Gasteiger partial charge in [-0.2, -0.15) is 0 Å². The Morgan fingerprint density at radius 1 is 0.283 bits per heavy atom. The molecule has 0 aliphatic carbocycles. The first-order chi connectivity index (χ1) is 29.7. The highest BCUT2D eigenvalue weighted by atomic mass is 15.0. The minimum absolute atomic E-state index is 0.698. The van der Waals surface area contributed by atoms with Crippen molar-refractivity contribution < 1.29 is 0 Å². The molecule has 3 heterocycles. The Hall–Kier alpha value is -8.08. The van der Waals surface area contributed by atoms with Crippen LogP contribution >= 0.6 is 0 Å².